The molecule has 1 aliphatic carbocycles. The number of aryl methyl sites for hydroxylation is 2. The minimum absolute atomic E-state index is 0.324. The van der Waals surface area contributed by atoms with Crippen molar-refractivity contribution in [2.45, 2.75) is 45.4 Å². The Kier molecular flexibility index (Phi) is 3.51. The molecule has 0 spiro atoms. The fraction of sp³-hybridized carbons (Fsp3) is 0.533. The zero-order valence-corrected chi connectivity index (χ0v) is 10.6. The molecule has 0 atom stereocenters. The smallest absolute Gasteiger partial charge is 0.303 e. The molecule has 2 heteroatoms. The maximum Gasteiger partial charge on any atom is 0.303 e. The minimum Gasteiger partial charge on any atom is -0.481 e. The highest BCUT2D eigenvalue weighted by Gasteiger charge is 2.31. The van der Waals surface area contributed by atoms with E-state index in [1.807, 2.05) is 0 Å². The minimum atomic E-state index is -0.666. The highest BCUT2D eigenvalue weighted by Crippen LogP contribution is 2.44. The second-order valence-corrected chi connectivity index (χ2v) is 5.33. The number of carboxylic acids is 1. The molecule has 1 aliphatic rings. The molecule has 92 valence electrons. The maximum absolute atomic E-state index is 10.5. The van der Waals surface area contributed by atoms with Crippen LogP contribution in [0.4, 0.5) is 0 Å². The summed E-state index contributed by atoms with van der Waals surface area (Å²) in [5.74, 6) is 0.616. The van der Waals surface area contributed by atoms with Gasteiger partial charge in [-0.3, -0.25) is 4.79 Å². The molecule has 1 aromatic carbocycles. The van der Waals surface area contributed by atoms with E-state index in [0.29, 0.717) is 18.3 Å². The fourth-order valence-corrected chi connectivity index (χ4v) is 2.75. The van der Waals surface area contributed by atoms with Crippen molar-refractivity contribution in [3.8, 4) is 0 Å². The third-order valence-electron chi connectivity index (χ3n) is 3.88. The van der Waals surface area contributed by atoms with Crippen molar-refractivity contribution in [1.82, 2.24) is 0 Å². The summed E-state index contributed by atoms with van der Waals surface area (Å²) in [6, 6.07) is 6.63. The summed E-state index contributed by atoms with van der Waals surface area (Å²) < 4.78 is 0. The lowest BCUT2D eigenvalue weighted by Gasteiger charge is -2.36. The number of carboxylic acid groups (broad SMARTS) is 1. The van der Waals surface area contributed by atoms with E-state index in [0.717, 1.165) is 19.3 Å². The van der Waals surface area contributed by atoms with Crippen LogP contribution in [-0.2, 0) is 4.79 Å². The van der Waals surface area contributed by atoms with Crippen LogP contribution in [0.25, 0.3) is 0 Å². The Morgan fingerprint density at radius 2 is 2.06 bits per heavy atom. The Bertz CT molecular complexity index is 417. The standard InChI is InChI=1S/C15H20O2/c1-10-3-4-11(2)14(7-10)13-8-12(9-13)5-6-15(16)17/h3-4,7,12-13H,5-6,8-9H2,1-2H3,(H,16,17). The molecule has 0 unspecified atom stereocenters. The average molecular weight is 232 g/mol. The van der Waals surface area contributed by atoms with Gasteiger partial charge in [0.25, 0.3) is 0 Å². The van der Waals surface area contributed by atoms with Gasteiger partial charge in [-0.15, -0.1) is 0 Å². The second-order valence-electron chi connectivity index (χ2n) is 5.33. The molecule has 1 N–H and O–H groups in total. The molecule has 0 aromatic heterocycles. The fourth-order valence-electron chi connectivity index (χ4n) is 2.75. The summed E-state index contributed by atoms with van der Waals surface area (Å²) in [5.41, 5.74) is 4.16. The summed E-state index contributed by atoms with van der Waals surface area (Å²) in [6.45, 7) is 4.29. The number of benzene rings is 1. The van der Waals surface area contributed by atoms with Crippen molar-refractivity contribution < 1.29 is 9.90 Å². The first kappa shape index (κ1) is 12.2. The van der Waals surface area contributed by atoms with E-state index in [9.17, 15) is 4.79 Å². The predicted octanol–water partition coefficient (Wildman–Crippen LogP) is 3.66. The molecule has 0 heterocycles. The van der Waals surface area contributed by atoms with Crippen LogP contribution in [0.5, 0.6) is 0 Å². The van der Waals surface area contributed by atoms with Gasteiger partial charge in [0.2, 0.25) is 0 Å². The molecule has 1 saturated carbocycles. The van der Waals surface area contributed by atoms with E-state index < -0.39 is 5.97 Å². The molecule has 0 aliphatic heterocycles. The summed E-state index contributed by atoms with van der Waals surface area (Å²) in [6.07, 6.45) is 3.50. The van der Waals surface area contributed by atoms with E-state index in [1.165, 1.54) is 16.7 Å². The van der Waals surface area contributed by atoms with Crippen LogP contribution < -0.4 is 0 Å². The molecule has 0 amide bonds. The Balaban J connectivity index is 1.90. The summed E-state index contributed by atoms with van der Waals surface area (Å²) in [7, 11) is 0. The highest BCUT2D eigenvalue weighted by atomic mass is 16.4. The topological polar surface area (TPSA) is 37.3 Å². The van der Waals surface area contributed by atoms with Gasteiger partial charge >= 0.3 is 5.97 Å². The maximum atomic E-state index is 10.5. The zero-order valence-electron chi connectivity index (χ0n) is 10.6. The van der Waals surface area contributed by atoms with Crippen LogP contribution in [-0.4, -0.2) is 11.1 Å². The van der Waals surface area contributed by atoms with Crippen LogP contribution in [0.2, 0.25) is 0 Å². The van der Waals surface area contributed by atoms with E-state index in [2.05, 4.69) is 32.0 Å². The Labute approximate surface area is 103 Å². The Morgan fingerprint density at radius 3 is 2.71 bits per heavy atom. The van der Waals surface area contributed by atoms with Gasteiger partial charge < -0.3 is 5.11 Å². The third-order valence-corrected chi connectivity index (χ3v) is 3.88. The first-order valence-electron chi connectivity index (χ1n) is 6.35. The average Bonchev–Trinajstić information content (AvgIpc) is 2.20. The van der Waals surface area contributed by atoms with Gasteiger partial charge in [0.05, 0.1) is 0 Å². The van der Waals surface area contributed by atoms with Gasteiger partial charge in [-0.2, -0.15) is 0 Å². The number of hydrogen-bond donors (Lipinski definition) is 1. The third kappa shape index (κ3) is 2.87. The van der Waals surface area contributed by atoms with Crippen LogP contribution >= 0.6 is 0 Å². The van der Waals surface area contributed by atoms with E-state index >= 15 is 0 Å². The monoisotopic (exact) mass is 232 g/mol. The normalized spacial score (nSPS) is 23.2. The quantitative estimate of drug-likeness (QED) is 0.860. The van der Waals surface area contributed by atoms with Crippen LogP contribution in [0.15, 0.2) is 18.2 Å². The van der Waals surface area contributed by atoms with Crippen molar-refractivity contribution in [3.05, 3.63) is 34.9 Å². The van der Waals surface area contributed by atoms with Crippen LogP contribution in [0.3, 0.4) is 0 Å². The molecule has 0 bridgehead atoms. The molecule has 0 radical (unpaired) electrons. The summed E-state index contributed by atoms with van der Waals surface area (Å²) >= 11 is 0. The van der Waals surface area contributed by atoms with Crippen LogP contribution in [0.1, 0.15) is 48.3 Å². The van der Waals surface area contributed by atoms with Crippen molar-refractivity contribution in [2.75, 3.05) is 0 Å². The van der Waals surface area contributed by atoms with Crippen molar-refractivity contribution >= 4 is 5.97 Å². The van der Waals surface area contributed by atoms with Gasteiger partial charge in [-0.25, -0.2) is 0 Å². The van der Waals surface area contributed by atoms with Gasteiger partial charge in [0.1, 0.15) is 0 Å². The zero-order chi connectivity index (χ0) is 12.4. The lowest BCUT2D eigenvalue weighted by atomic mass is 9.68. The van der Waals surface area contributed by atoms with Crippen molar-refractivity contribution in [3.63, 3.8) is 0 Å². The molecule has 0 saturated heterocycles. The number of rotatable bonds is 4. The van der Waals surface area contributed by atoms with Gasteiger partial charge in [-0.1, -0.05) is 23.8 Å². The van der Waals surface area contributed by atoms with E-state index in [-0.39, 0.29) is 0 Å². The van der Waals surface area contributed by atoms with E-state index in [1.54, 1.807) is 0 Å². The summed E-state index contributed by atoms with van der Waals surface area (Å²) in [4.78, 5) is 10.5. The molecule has 1 fully saturated rings. The molecule has 17 heavy (non-hydrogen) atoms. The van der Waals surface area contributed by atoms with Crippen molar-refractivity contribution in [1.29, 1.82) is 0 Å². The second kappa shape index (κ2) is 4.91. The Morgan fingerprint density at radius 1 is 1.35 bits per heavy atom. The number of aliphatic carboxylic acids is 1. The first-order valence-corrected chi connectivity index (χ1v) is 6.35. The van der Waals surface area contributed by atoms with Crippen molar-refractivity contribution in [2.24, 2.45) is 5.92 Å². The first-order chi connectivity index (χ1) is 8.06. The van der Waals surface area contributed by atoms with Gasteiger partial charge in [0, 0.05) is 6.42 Å². The predicted molar refractivity (Wildman–Crippen MR) is 68.3 cm³/mol. The van der Waals surface area contributed by atoms with E-state index in [4.69, 9.17) is 5.11 Å². The molecule has 2 nitrogen and oxygen atoms in total. The Hall–Kier alpha value is -1.31. The molecule has 2 rings (SSSR count). The highest BCUT2D eigenvalue weighted by molar-refractivity contribution is 5.66. The molecule has 1 aromatic rings. The van der Waals surface area contributed by atoms with Crippen LogP contribution in [0, 0.1) is 19.8 Å². The lowest BCUT2D eigenvalue weighted by Crippen LogP contribution is -2.23. The van der Waals surface area contributed by atoms with Gasteiger partial charge in [0.15, 0.2) is 0 Å². The summed E-state index contributed by atoms with van der Waals surface area (Å²) in [5, 5.41) is 8.65. The molecular formula is C15H20O2. The number of hydrogen-bond acceptors (Lipinski definition) is 1. The SMILES string of the molecule is Cc1ccc(C)c(C2CC(CCC(=O)O)C2)c1. The molecular weight excluding hydrogens is 212 g/mol. The lowest BCUT2D eigenvalue weighted by molar-refractivity contribution is -0.137. The number of carbonyl (C=O) groups is 1. The largest absolute Gasteiger partial charge is 0.481 e. The van der Waals surface area contributed by atoms with Gasteiger partial charge in [-0.05, 0) is 56.1 Å².